The number of likely N-dealkylation sites (tertiary alicyclic amines) is 1. The average Bonchev–Trinajstić information content (AvgIpc) is 2.83. The van der Waals surface area contributed by atoms with Crippen LogP contribution < -0.4 is 0 Å². The number of aliphatic hydroxyl groups is 1. The van der Waals surface area contributed by atoms with Crippen molar-refractivity contribution < 1.29 is 9.90 Å². The van der Waals surface area contributed by atoms with Crippen molar-refractivity contribution in [3.05, 3.63) is 0 Å². The number of carbonyl (C=O) groups excluding carboxylic acids is 1. The Hall–Kier alpha value is -0.470. The predicted octanol–water partition coefficient (Wildman–Crippen LogP) is 1.85. The van der Waals surface area contributed by atoms with E-state index in [-0.39, 0.29) is 24.0 Å². The maximum atomic E-state index is 12.3. The lowest BCUT2D eigenvalue weighted by Gasteiger charge is -2.31. The normalized spacial score (nSPS) is 31.2. The SMILES string of the molecule is O=C(C(N=P)C1CCCC(O)C1)N1CCCC1. The molecule has 4 nitrogen and oxygen atoms in total. The molecule has 1 aliphatic carbocycles. The van der Waals surface area contributed by atoms with Gasteiger partial charge >= 0.3 is 0 Å². The van der Waals surface area contributed by atoms with E-state index in [0.29, 0.717) is 6.42 Å². The molecule has 3 atom stereocenters. The van der Waals surface area contributed by atoms with Crippen LogP contribution in [0.2, 0.25) is 0 Å². The molecular formula is C12H21N2O2P. The first-order chi connectivity index (χ1) is 8.22. The fraction of sp³-hybridized carbons (Fsp3) is 0.917. The van der Waals surface area contributed by atoms with Gasteiger partial charge in [-0.15, -0.1) is 0 Å². The summed E-state index contributed by atoms with van der Waals surface area (Å²) in [7, 11) is 3.17. The van der Waals surface area contributed by atoms with Gasteiger partial charge in [-0.05, 0) is 47.1 Å². The molecule has 2 aliphatic rings. The summed E-state index contributed by atoms with van der Waals surface area (Å²) in [5, 5.41) is 9.69. The molecule has 1 N–H and O–H groups in total. The van der Waals surface area contributed by atoms with Gasteiger partial charge in [-0.2, -0.15) is 0 Å². The number of rotatable bonds is 3. The largest absolute Gasteiger partial charge is 0.393 e. The van der Waals surface area contributed by atoms with E-state index in [1.807, 2.05) is 4.90 Å². The molecule has 1 saturated carbocycles. The van der Waals surface area contributed by atoms with Gasteiger partial charge in [-0.1, -0.05) is 6.42 Å². The van der Waals surface area contributed by atoms with Crippen LogP contribution in [0.15, 0.2) is 4.74 Å². The summed E-state index contributed by atoms with van der Waals surface area (Å²) in [5.41, 5.74) is 0. The number of nitrogens with zero attached hydrogens (tertiary/aromatic N) is 2. The molecule has 2 fully saturated rings. The van der Waals surface area contributed by atoms with Crippen LogP contribution in [0.4, 0.5) is 0 Å². The molecule has 0 aromatic heterocycles. The molecule has 0 spiro atoms. The molecule has 0 bridgehead atoms. The molecule has 96 valence electrons. The van der Waals surface area contributed by atoms with Crippen LogP contribution in [0, 0.1) is 5.92 Å². The highest BCUT2D eigenvalue weighted by molar-refractivity contribution is 7.04. The van der Waals surface area contributed by atoms with E-state index in [4.69, 9.17) is 0 Å². The van der Waals surface area contributed by atoms with Gasteiger partial charge in [0.15, 0.2) is 0 Å². The second-order valence-electron chi connectivity index (χ2n) is 5.19. The molecule has 5 heteroatoms. The first-order valence-electron chi connectivity index (χ1n) is 6.56. The first-order valence-corrected chi connectivity index (χ1v) is 7.00. The van der Waals surface area contributed by atoms with Gasteiger partial charge in [0.25, 0.3) is 0 Å². The topological polar surface area (TPSA) is 52.9 Å². The summed E-state index contributed by atoms with van der Waals surface area (Å²) in [5.74, 6) is 0.334. The highest BCUT2D eigenvalue weighted by Gasteiger charge is 2.34. The predicted molar refractivity (Wildman–Crippen MR) is 68.3 cm³/mol. The van der Waals surface area contributed by atoms with E-state index in [2.05, 4.69) is 13.8 Å². The van der Waals surface area contributed by atoms with Crippen molar-refractivity contribution in [2.45, 2.75) is 50.7 Å². The summed E-state index contributed by atoms with van der Waals surface area (Å²) < 4.78 is 4.09. The maximum Gasteiger partial charge on any atom is 0.248 e. The van der Waals surface area contributed by atoms with Gasteiger partial charge in [-0.3, -0.25) is 9.54 Å². The van der Waals surface area contributed by atoms with E-state index in [9.17, 15) is 9.90 Å². The number of hydrogen-bond acceptors (Lipinski definition) is 3. The zero-order valence-electron chi connectivity index (χ0n) is 10.1. The quantitative estimate of drug-likeness (QED) is 0.783. The smallest absolute Gasteiger partial charge is 0.248 e. The minimum Gasteiger partial charge on any atom is -0.393 e. The van der Waals surface area contributed by atoms with Gasteiger partial charge in [0.05, 0.1) is 6.10 Å². The van der Waals surface area contributed by atoms with Crippen molar-refractivity contribution in [1.82, 2.24) is 4.90 Å². The third-order valence-electron chi connectivity index (χ3n) is 3.94. The van der Waals surface area contributed by atoms with Crippen LogP contribution in [-0.4, -0.2) is 41.1 Å². The fourth-order valence-corrected chi connectivity index (χ4v) is 3.30. The summed E-state index contributed by atoms with van der Waals surface area (Å²) in [6.45, 7) is 1.73. The molecule has 3 unspecified atom stereocenters. The van der Waals surface area contributed by atoms with Gasteiger partial charge < -0.3 is 10.0 Å². The Kier molecular flexibility index (Phi) is 4.52. The lowest BCUT2D eigenvalue weighted by atomic mass is 9.82. The minimum atomic E-state index is -0.306. The summed E-state index contributed by atoms with van der Waals surface area (Å²) in [6.07, 6.45) is 5.52. The highest BCUT2D eigenvalue weighted by Crippen LogP contribution is 2.30. The van der Waals surface area contributed by atoms with E-state index < -0.39 is 0 Å². The Labute approximate surface area is 105 Å². The Bertz CT molecular complexity index is 292. The second kappa shape index (κ2) is 5.92. The van der Waals surface area contributed by atoms with Crippen LogP contribution in [0.3, 0.4) is 0 Å². The zero-order chi connectivity index (χ0) is 12.3. The van der Waals surface area contributed by atoms with Gasteiger partial charge in [-0.25, -0.2) is 0 Å². The van der Waals surface area contributed by atoms with Crippen LogP contribution in [0.1, 0.15) is 38.5 Å². The molecule has 0 radical (unpaired) electrons. The van der Waals surface area contributed by atoms with E-state index in [0.717, 1.165) is 45.2 Å². The van der Waals surface area contributed by atoms with Gasteiger partial charge in [0, 0.05) is 13.1 Å². The number of carbonyl (C=O) groups is 1. The average molecular weight is 256 g/mol. The van der Waals surface area contributed by atoms with Gasteiger partial charge in [0.1, 0.15) is 6.04 Å². The van der Waals surface area contributed by atoms with Crippen molar-refractivity contribution in [3.8, 4) is 0 Å². The molecule has 17 heavy (non-hydrogen) atoms. The first kappa shape index (κ1) is 13.0. The van der Waals surface area contributed by atoms with Crippen molar-refractivity contribution in [2.75, 3.05) is 13.1 Å². The molecule has 1 amide bonds. The number of amides is 1. The molecule has 0 aromatic rings. The Balaban J connectivity index is 1.99. The number of aliphatic hydroxyl groups excluding tert-OH is 1. The van der Waals surface area contributed by atoms with Crippen molar-refractivity contribution in [3.63, 3.8) is 0 Å². The molecule has 1 aliphatic heterocycles. The lowest BCUT2D eigenvalue weighted by Crippen LogP contribution is -2.41. The minimum absolute atomic E-state index is 0.136. The molecule has 1 heterocycles. The van der Waals surface area contributed by atoms with Crippen LogP contribution in [-0.2, 0) is 4.79 Å². The lowest BCUT2D eigenvalue weighted by molar-refractivity contribution is -0.133. The molecule has 0 aromatic carbocycles. The van der Waals surface area contributed by atoms with E-state index >= 15 is 0 Å². The Morgan fingerprint density at radius 2 is 2.00 bits per heavy atom. The maximum absolute atomic E-state index is 12.3. The Morgan fingerprint density at radius 1 is 1.29 bits per heavy atom. The Morgan fingerprint density at radius 3 is 2.59 bits per heavy atom. The highest BCUT2D eigenvalue weighted by atomic mass is 31.0. The van der Waals surface area contributed by atoms with Gasteiger partial charge in [0.2, 0.25) is 5.91 Å². The summed E-state index contributed by atoms with van der Waals surface area (Å²) in [4.78, 5) is 14.2. The van der Waals surface area contributed by atoms with E-state index in [1.54, 1.807) is 0 Å². The standard InChI is InChI=1S/C12H21N2O2P/c15-10-5-3-4-9(8-10)11(13-17)12(16)14-6-1-2-7-14/h9-11,15,17H,1-8H2. The van der Waals surface area contributed by atoms with Crippen molar-refractivity contribution >= 4 is 14.9 Å². The summed E-state index contributed by atoms with van der Waals surface area (Å²) >= 11 is 0. The fourth-order valence-electron chi connectivity index (χ4n) is 2.97. The molecular weight excluding hydrogens is 235 g/mol. The third kappa shape index (κ3) is 3.05. The van der Waals surface area contributed by atoms with Crippen molar-refractivity contribution in [1.29, 1.82) is 0 Å². The summed E-state index contributed by atoms with van der Waals surface area (Å²) in [6, 6.07) is -0.306. The van der Waals surface area contributed by atoms with Crippen LogP contribution >= 0.6 is 9.03 Å². The van der Waals surface area contributed by atoms with E-state index in [1.165, 1.54) is 0 Å². The second-order valence-corrected chi connectivity index (χ2v) is 5.45. The third-order valence-corrected chi connectivity index (χ3v) is 4.22. The monoisotopic (exact) mass is 256 g/mol. The van der Waals surface area contributed by atoms with Crippen LogP contribution in [0.5, 0.6) is 0 Å². The zero-order valence-corrected chi connectivity index (χ0v) is 11.1. The molecule has 1 saturated heterocycles. The molecule has 2 rings (SSSR count). The number of hydrogen-bond donors (Lipinski definition) is 1. The van der Waals surface area contributed by atoms with Crippen LogP contribution in [0.25, 0.3) is 0 Å². The van der Waals surface area contributed by atoms with Crippen molar-refractivity contribution in [2.24, 2.45) is 10.7 Å².